The third-order valence-corrected chi connectivity index (χ3v) is 7.05. The van der Waals surface area contributed by atoms with Crippen LogP contribution in [0.5, 0.6) is 11.5 Å². The van der Waals surface area contributed by atoms with Gasteiger partial charge in [0.15, 0.2) is 12.2 Å². The van der Waals surface area contributed by atoms with Gasteiger partial charge in [-0.1, -0.05) is 54.7 Å². The van der Waals surface area contributed by atoms with Gasteiger partial charge in [0.1, 0.15) is 36.9 Å². The van der Waals surface area contributed by atoms with E-state index >= 15 is 0 Å². The van der Waals surface area contributed by atoms with Crippen LogP contribution in [0, 0.1) is 6.92 Å². The van der Waals surface area contributed by atoms with Gasteiger partial charge in [0.05, 0.1) is 7.11 Å². The Morgan fingerprint density at radius 3 is 2.13 bits per heavy atom. The van der Waals surface area contributed by atoms with E-state index in [1.54, 1.807) is 19.2 Å². The van der Waals surface area contributed by atoms with Crippen molar-refractivity contribution in [1.29, 1.82) is 0 Å². The third-order valence-electron chi connectivity index (χ3n) is 6.72. The highest BCUT2D eigenvalue weighted by Gasteiger charge is 2.52. The molecule has 1 amide bonds. The normalized spacial score (nSPS) is 21.5. The molecule has 1 heterocycles. The smallest absolute Gasteiger partial charge is 0.407 e. The molecule has 0 spiro atoms. The number of nitrogens with one attached hydrogen (secondary N) is 1. The number of hydrogen-bond acceptors (Lipinski definition) is 11. The molecule has 45 heavy (non-hydrogen) atoms. The van der Waals surface area contributed by atoms with Gasteiger partial charge in [-0.25, -0.2) is 4.79 Å². The van der Waals surface area contributed by atoms with Crippen LogP contribution in [0.3, 0.4) is 0 Å². The minimum absolute atomic E-state index is 0.147. The first-order valence-electron chi connectivity index (χ1n) is 13.9. The summed E-state index contributed by atoms with van der Waals surface area (Å²) in [5, 5.41) is 4.33. The Morgan fingerprint density at radius 2 is 1.58 bits per heavy atom. The zero-order valence-corrected chi connectivity index (χ0v) is 28.1. The van der Waals surface area contributed by atoms with E-state index in [1.807, 2.05) is 19.1 Å². The second-order valence-corrected chi connectivity index (χ2v) is 13.2. The average molecular weight is 693 g/mol. The number of aryl methyl sites for hydroxylation is 1. The number of fused-ring (bicyclic) bond motifs is 1. The van der Waals surface area contributed by atoms with Crippen molar-refractivity contribution in [3.8, 4) is 11.5 Å². The molecule has 1 aliphatic heterocycles. The first kappa shape index (κ1) is 36.3. The van der Waals surface area contributed by atoms with E-state index in [1.165, 1.54) is 6.92 Å². The van der Waals surface area contributed by atoms with Crippen molar-refractivity contribution in [3.05, 3.63) is 35.4 Å². The van der Waals surface area contributed by atoms with Crippen LogP contribution < -0.4 is 14.8 Å². The molecule has 0 saturated carbocycles. The zero-order valence-electron chi connectivity index (χ0n) is 25.8. The summed E-state index contributed by atoms with van der Waals surface area (Å²) in [7, 11) is 1.62. The van der Waals surface area contributed by atoms with Crippen LogP contribution in [0.1, 0.15) is 51.7 Å². The maximum atomic E-state index is 12.8. The predicted molar refractivity (Wildman–Crippen MR) is 165 cm³/mol. The molecule has 15 heteroatoms. The summed E-state index contributed by atoms with van der Waals surface area (Å²) in [5.41, 5.74) is 1.92. The molecule has 0 radical (unpaired) electrons. The summed E-state index contributed by atoms with van der Waals surface area (Å²) in [4.78, 5) is 48.9. The van der Waals surface area contributed by atoms with Gasteiger partial charge in [0, 0.05) is 26.3 Å². The highest BCUT2D eigenvalue weighted by molar-refractivity contribution is 6.67. The Hall–Kier alpha value is -3.19. The quantitative estimate of drug-likeness (QED) is 0.197. The molecular weight excluding hydrogens is 657 g/mol. The van der Waals surface area contributed by atoms with Crippen molar-refractivity contribution < 1.29 is 52.3 Å². The van der Waals surface area contributed by atoms with E-state index in [2.05, 4.69) is 19.2 Å². The molecule has 3 rings (SSSR count). The van der Waals surface area contributed by atoms with Crippen molar-refractivity contribution in [3.63, 3.8) is 0 Å². The number of alkyl halides is 3. The molecule has 2 aromatic rings. The minimum atomic E-state index is -1.92. The molecule has 248 valence electrons. The van der Waals surface area contributed by atoms with Gasteiger partial charge in [-0.3, -0.25) is 14.4 Å². The summed E-state index contributed by atoms with van der Waals surface area (Å²) >= 11 is 17.2. The molecule has 1 aliphatic rings. The molecular formula is C30H36Cl3NO11. The summed E-state index contributed by atoms with van der Waals surface area (Å²) < 4.78 is 37.3. The number of esters is 3. The number of ether oxygens (including phenoxy) is 7. The average Bonchev–Trinajstić information content (AvgIpc) is 2.93. The molecule has 0 aromatic heterocycles. The summed E-state index contributed by atoms with van der Waals surface area (Å²) in [6.07, 6.45) is -6.40. The molecule has 0 aliphatic carbocycles. The second kappa shape index (κ2) is 15.4. The van der Waals surface area contributed by atoms with Gasteiger partial charge in [0.2, 0.25) is 10.1 Å². The topological polar surface area (TPSA) is 145 Å². The van der Waals surface area contributed by atoms with Crippen molar-refractivity contribution in [2.75, 3.05) is 20.3 Å². The number of carbonyl (C=O) groups is 4. The Bertz CT molecular complexity index is 1410. The van der Waals surface area contributed by atoms with E-state index in [-0.39, 0.29) is 5.92 Å². The SMILES string of the molecule is COc1cc(C)c2cc(O[C@@H]3O[C@H](COC(C)=O)[C@@H](OC(C)=O)[C@H](OC(C)=O)[C@H]3NC(=O)OCC(Cl)(Cl)Cl)ccc2c1C(C)C. The Balaban J connectivity index is 2.09. The van der Waals surface area contributed by atoms with Crippen LogP contribution in [0.25, 0.3) is 10.8 Å². The van der Waals surface area contributed by atoms with Gasteiger partial charge in [0.25, 0.3) is 0 Å². The van der Waals surface area contributed by atoms with Crippen LogP contribution >= 0.6 is 34.8 Å². The second-order valence-electron chi connectivity index (χ2n) is 10.6. The maximum absolute atomic E-state index is 12.8. The Kier molecular flexibility index (Phi) is 12.4. The van der Waals surface area contributed by atoms with E-state index in [0.29, 0.717) is 5.75 Å². The zero-order chi connectivity index (χ0) is 33.6. The fraction of sp³-hybridized carbons (Fsp3) is 0.533. The van der Waals surface area contributed by atoms with E-state index in [9.17, 15) is 19.2 Å². The third kappa shape index (κ3) is 9.90. The van der Waals surface area contributed by atoms with E-state index in [4.69, 9.17) is 68.0 Å². The van der Waals surface area contributed by atoms with Gasteiger partial charge in [-0.05, 0) is 47.4 Å². The molecule has 2 aromatic carbocycles. The molecule has 12 nitrogen and oxygen atoms in total. The fourth-order valence-corrected chi connectivity index (χ4v) is 5.19. The molecule has 0 unspecified atom stereocenters. The lowest BCUT2D eigenvalue weighted by atomic mass is 9.92. The van der Waals surface area contributed by atoms with Crippen LogP contribution in [0.15, 0.2) is 24.3 Å². The lowest BCUT2D eigenvalue weighted by molar-refractivity contribution is -0.256. The number of rotatable bonds is 10. The van der Waals surface area contributed by atoms with Crippen LogP contribution in [-0.4, -0.2) is 78.8 Å². The molecule has 1 fully saturated rings. The summed E-state index contributed by atoms with van der Waals surface area (Å²) in [6, 6.07) is 5.96. The minimum Gasteiger partial charge on any atom is -0.496 e. The van der Waals surface area contributed by atoms with Crippen molar-refractivity contribution in [2.24, 2.45) is 0 Å². The van der Waals surface area contributed by atoms with Crippen LogP contribution in [-0.2, 0) is 38.1 Å². The number of carbonyl (C=O) groups excluding carboxylic acids is 4. The highest BCUT2D eigenvalue weighted by Crippen LogP contribution is 2.38. The fourth-order valence-electron chi connectivity index (χ4n) is 5.02. The lowest BCUT2D eigenvalue weighted by Gasteiger charge is -2.44. The van der Waals surface area contributed by atoms with Crippen molar-refractivity contribution in [1.82, 2.24) is 5.32 Å². The number of benzene rings is 2. The molecule has 1 N–H and O–H groups in total. The lowest BCUT2D eigenvalue weighted by Crippen LogP contribution is -2.67. The largest absolute Gasteiger partial charge is 0.496 e. The standard InChI is InChI=1S/C30H36Cl3NO11/c1-14(2)24-20-9-8-19(11-21(20)15(3)10-22(24)39-7)44-28-25(34-29(38)41-13-30(31,32)33)27(43-18(6)37)26(42-17(5)36)23(45-28)12-40-16(4)35/h8-11,14,23,25-28H,12-13H2,1-7H3,(H,34,38)/t23-,25-,26-,27-,28-/m1/s1. The predicted octanol–water partition coefficient (Wildman–Crippen LogP) is 5.28. The van der Waals surface area contributed by atoms with E-state index in [0.717, 1.165) is 41.5 Å². The van der Waals surface area contributed by atoms with Crippen molar-refractivity contribution in [2.45, 2.75) is 81.9 Å². The van der Waals surface area contributed by atoms with Gasteiger partial charge in [-0.15, -0.1) is 0 Å². The van der Waals surface area contributed by atoms with Gasteiger partial charge in [-0.2, -0.15) is 0 Å². The summed E-state index contributed by atoms with van der Waals surface area (Å²) in [5.74, 6) is -0.956. The molecule has 1 saturated heterocycles. The van der Waals surface area contributed by atoms with Gasteiger partial charge < -0.3 is 38.5 Å². The molecule has 0 bridgehead atoms. The molecule has 5 atom stereocenters. The summed E-state index contributed by atoms with van der Waals surface area (Å²) in [6.45, 7) is 8.47. The number of methoxy groups -OCH3 is 1. The monoisotopic (exact) mass is 691 g/mol. The Morgan fingerprint density at radius 1 is 0.933 bits per heavy atom. The first-order chi connectivity index (χ1) is 21.0. The maximum Gasteiger partial charge on any atom is 0.407 e. The van der Waals surface area contributed by atoms with Crippen molar-refractivity contribution >= 4 is 69.6 Å². The van der Waals surface area contributed by atoms with E-state index < -0.39 is 71.7 Å². The van der Waals surface area contributed by atoms with Crippen LogP contribution in [0.4, 0.5) is 4.79 Å². The number of alkyl carbamates (subject to hydrolysis) is 1. The number of halogens is 3. The number of amides is 1. The van der Waals surface area contributed by atoms with Crippen LogP contribution in [0.2, 0.25) is 0 Å². The first-order valence-corrected chi connectivity index (χ1v) is 15.0. The van der Waals surface area contributed by atoms with Gasteiger partial charge >= 0.3 is 24.0 Å². The Labute approximate surface area is 275 Å². The highest BCUT2D eigenvalue weighted by atomic mass is 35.6. The number of hydrogen-bond donors (Lipinski definition) is 1.